The van der Waals surface area contributed by atoms with Crippen molar-refractivity contribution in [3.05, 3.63) is 65.2 Å². The number of carbonyl (C=O) groups excluding carboxylic acids is 2. The summed E-state index contributed by atoms with van der Waals surface area (Å²) in [6.07, 6.45) is 2.00. The minimum absolute atomic E-state index is 0.181. The Bertz CT molecular complexity index is 740. The molecule has 1 saturated heterocycles. The van der Waals surface area contributed by atoms with Crippen LogP contribution in [0.2, 0.25) is 0 Å². The largest absolute Gasteiger partial charge is 0.380 e. The van der Waals surface area contributed by atoms with Crippen molar-refractivity contribution in [1.82, 2.24) is 5.48 Å². The van der Waals surface area contributed by atoms with Crippen LogP contribution in [0.25, 0.3) is 0 Å². The van der Waals surface area contributed by atoms with E-state index in [4.69, 9.17) is 14.7 Å². The van der Waals surface area contributed by atoms with Gasteiger partial charge >= 0.3 is 0 Å². The molecular formula is C21H26N2O4. The summed E-state index contributed by atoms with van der Waals surface area (Å²) in [5, 5.41) is 7.26. The smallest absolute Gasteiger partial charge is 0.230 e. The highest BCUT2D eigenvalue weighted by Crippen LogP contribution is 2.37. The lowest BCUT2D eigenvalue weighted by molar-refractivity contribution is -0.116. The van der Waals surface area contributed by atoms with E-state index in [1.54, 1.807) is 0 Å². The third-order valence-corrected chi connectivity index (χ3v) is 4.72. The molecular weight excluding hydrogens is 344 g/mol. The van der Waals surface area contributed by atoms with E-state index in [1.807, 2.05) is 12.1 Å². The molecule has 1 fully saturated rings. The highest BCUT2D eigenvalue weighted by molar-refractivity contribution is 5.75. The maximum absolute atomic E-state index is 11.8. The number of rotatable bonds is 6. The van der Waals surface area contributed by atoms with Crippen LogP contribution in [0.4, 0.5) is 5.69 Å². The first-order valence-electron chi connectivity index (χ1n) is 8.80. The average molecular weight is 370 g/mol. The molecule has 0 aliphatic carbocycles. The van der Waals surface area contributed by atoms with E-state index in [1.165, 1.54) is 16.6 Å². The molecule has 1 atom stereocenters. The Hall–Kier alpha value is -2.70. The van der Waals surface area contributed by atoms with Crippen LogP contribution in [-0.4, -0.2) is 38.2 Å². The van der Waals surface area contributed by atoms with Crippen LogP contribution in [-0.2, 0) is 26.3 Å². The number of amides is 1. The molecule has 0 saturated carbocycles. The molecule has 1 heterocycles. The summed E-state index contributed by atoms with van der Waals surface area (Å²) in [7, 11) is 2.08. The fraction of sp³-hybridized carbons (Fsp3) is 0.333. The summed E-state index contributed by atoms with van der Waals surface area (Å²) in [6, 6.07) is 16.8. The number of hydrogen-bond acceptors (Lipinski definition) is 5. The molecule has 0 aromatic heterocycles. The Kier molecular flexibility index (Phi) is 7.52. The Morgan fingerprint density at radius 3 is 2.41 bits per heavy atom. The van der Waals surface area contributed by atoms with Crippen LogP contribution in [0.15, 0.2) is 48.5 Å². The second-order valence-electron chi connectivity index (χ2n) is 6.68. The van der Waals surface area contributed by atoms with Crippen LogP contribution in [0, 0.1) is 6.92 Å². The fourth-order valence-corrected chi connectivity index (χ4v) is 3.23. The predicted molar refractivity (Wildman–Crippen MR) is 104 cm³/mol. The van der Waals surface area contributed by atoms with Crippen LogP contribution in [0.5, 0.6) is 0 Å². The zero-order chi connectivity index (χ0) is 19.7. The molecule has 0 radical (unpaired) electrons. The quantitative estimate of drug-likeness (QED) is 0.464. The molecule has 1 amide bonds. The first kappa shape index (κ1) is 20.6. The first-order chi connectivity index (χ1) is 13.1. The second-order valence-corrected chi connectivity index (χ2v) is 6.68. The molecule has 144 valence electrons. The molecule has 0 bridgehead atoms. The SMILES string of the molecule is Cc1ccc(CN(C)c2ccccc2C2(C=O)CCOC2)cc1.O=CNO. The standard InChI is InChI=1S/C20H23NO2.CH3NO2/c1-16-7-9-17(10-8-16)13-21(2)19-6-4-3-5-18(19)20(14-22)11-12-23-15-20;3-1-2-4/h3-10,14H,11-13,15H2,1-2H3;1,4H,(H,2,3). The van der Waals surface area contributed by atoms with E-state index in [-0.39, 0.29) is 6.41 Å². The monoisotopic (exact) mass is 370 g/mol. The van der Waals surface area contributed by atoms with Gasteiger partial charge in [0.15, 0.2) is 0 Å². The van der Waals surface area contributed by atoms with Crippen LogP contribution in [0.1, 0.15) is 23.1 Å². The number of anilines is 1. The summed E-state index contributed by atoms with van der Waals surface area (Å²) >= 11 is 0. The maximum Gasteiger partial charge on any atom is 0.230 e. The van der Waals surface area contributed by atoms with E-state index in [0.29, 0.717) is 13.2 Å². The minimum Gasteiger partial charge on any atom is -0.380 e. The summed E-state index contributed by atoms with van der Waals surface area (Å²) < 4.78 is 5.52. The van der Waals surface area contributed by atoms with Gasteiger partial charge in [-0.2, -0.15) is 0 Å². The van der Waals surface area contributed by atoms with Crippen molar-refractivity contribution in [1.29, 1.82) is 0 Å². The van der Waals surface area contributed by atoms with Crippen molar-refractivity contribution in [2.24, 2.45) is 0 Å². The lowest BCUT2D eigenvalue weighted by atomic mass is 9.80. The van der Waals surface area contributed by atoms with Crippen LogP contribution in [0.3, 0.4) is 0 Å². The molecule has 1 aliphatic rings. The highest BCUT2D eigenvalue weighted by atomic mass is 16.5. The zero-order valence-electron chi connectivity index (χ0n) is 15.7. The number of nitrogens with zero attached hydrogens (tertiary/aromatic N) is 1. The van der Waals surface area contributed by atoms with Crippen molar-refractivity contribution in [3.8, 4) is 0 Å². The predicted octanol–water partition coefficient (Wildman–Crippen LogP) is 2.61. The molecule has 2 N–H and O–H groups in total. The van der Waals surface area contributed by atoms with Gasteiger partial charge in [0.1, 0.15) is 6.29 Å². The van der Waals surface area contributed by atoms with Gasteiger partial charge in [0, 0.05) is 25.9 Å². The van der Waals surface area contributed by atoms with E-state index >= 15 is 0 Å². The third-order valence-electron chi connectivity index (χ3n) is 4.72. The lowest BCUT2D eigenvalue weighted by Crippen LogP contribution is -2.31. The van der Waals surface area contributed by atoms with Crippen molar-refractivity contribution < 1.29 is 19.5 Å². The molecule has 27 heavy (non-hydrogen) atoms. The van der Waals surface area contributed by atoms with Gasteiger partial charge in [0.25, 0.3) is 0 Å². The van der Waals surface area contributed by atoms with Gasteiger partial charge in [0.05, 0.1) is 12.0 Å². The van der Waals surface area contributed by atoms with E-state index in [9.17, 15) is 4.79 Å². The lowest BCUT2D eigenvalue weighted by Gasteiger charge is -2.29. The zero-order valence-corrected chi connectivity index (χ0v) is 15.7. The average Bonchev–Trinajstić information content (AvgIpc) is 3.20. The first-order valence-corrected chi connectivity index (χ1v) is 8.80. The highest BCUT2D eigenvalue weighted by Gasteiger charge is 2.38. The second kappa shape index (κ2) is 9.85. The topological polar surface area (TPSA) is 78.9 Å². The van der Waals surface area contributed by atoms with Gasteiger partial charge in [-0.3, -0.25) is 10.0 Å². The van der Waals surface area contributed by atoms with E-state index in [0.717, 1.165) is 30.5 Å². The minimum atomic E-state index is -0.502. The van der Waals surface area contributed by atoms with Gasteiger partial charge in [0.2, 0.25) is 6.41 Å². The van der Waals surface area contributed by atoms with Gasteiger partial charge in [-0.05, 0) is 30.5 Å². The number of carbonyl (C=O) groups is 2. The normalized spacial score (nSPS) is 18.2. The number of aldehydes is 1. The van der Waals surface area contributed by atoms with Crippen LogP contribution >= 0.6 is 0 Å². The Morgan fingerprint density at radius 1 is 1.19 bits per heavy atom. The molecule has 1 unspecified atom stereocenters. The van der Waals surface area contributed by atoms with Crippen LogP contribution < -0.4 is 10.4 Å². The number of aryl methyl sites for hydroxylation is 1. The maximum atomic E-state index is 11.8. The Labute approximate surface area is 159 Å². The van der Waals surface area contributed by atoms with Gasteiger partial charge in [-0.25, -0.2) is 5.48 Å². The molecule has 6 heteroatoms. The van der Waals surface area contributed by atoms with Gasteiger partial charge < -0.3 is 14.4 Å². The summed E-state index contributed by atoms with van der Waals surface area (Å²) in [6.45, 7) is 4.03. The summed E-state index contributed by atoms with van der Waals surface area (Å²) in [4.78, 5) is 22.8. The number of hydrogen-bond donors (Lipinski definition) is 2. The molecule has 0 spiro atoms. The number of nitrogens with one attached hydrogen (secondary N) is 1. The van der Waals surface area contributed by atoms with Gasteiger partial charge in [-0.1, -0.05) is 48.0 Å². The molecule has 1 aliphatic heterocycles. The number of para-hydroxylation sites is 1. The van der Waals surface area contributed by atoms with E-state index in [2.05, 4.69) is 55.3 Å². The van der Waals surface area contributed by atoms with Crippen molar-refractivity contribution in [2.75, 3.05) is 25.2 Å². The Morgan fingerprint density at radius 2 is 1.85 bits per heavy atom. The Balaban J connectivity index is 0.000000596. The number of benzene rings is 2. The van der Waals surface area contributed by atoms with E-state index < -0.39 is 5.41 Å². The number of ether oxygens (including phenoxy) is 1. The van der Waals surface area contributed by atoms with Gasteiger partial charge in [-0.15, -0.1) is 0 Å². The van der Waals surface area contributed by atoms with Crippen molar-refractivity contribution in [3.63, 3.8) is 0 Å². The number of hydroxylamine groups is 1. The summed E-state index contributed by atoms with van der Waals surface area (Å²) in [5.41, 5.74) is 5.45. The molecule has 3 rings (SSSR count). The van der Waals surface area contributed by atoms with Crippen molar-refractivity contribution >= 4 is 18.4 Å². The fourth-order valence-electron chi connectivity index (χ4n) is 3.23. The molecule has 2 aromatic rings. The molecule has 6 nitrogen and oxygen atoms in total. The molecule has 2 aromatic carbocycles. The summed E-state index contributed by atoms with van der Waals surface area (Å²) in [5.74, 6) is 0. The van der Waals surface area contributed by atoms with Crippen molar-refractivity contribution in [2.45, 2.75) is 25.3 Å². The third kappa shape index (κ3) is 5.15.